The van der Waals surface area contributed by atoms with E-state index in [-0.39, 0.29) is 11.3 Å². The third-order valence-corrected chi connectivity index (χ3v) is 3.26. The van der Waals surface area contributed by atoms with Gasteiger partial charge in [-0.3, -0.25) is 0 Å². The van der Waals surface area contributed by atoms with Crippen molar-refractivity contribution in [1.29, 1.82) is 0 Å². The number of hydrogen-bond acceptors (Lipinski definition) is 4. The highest BCUT2D eigenvalue weighted by Crippen LogP contribution is 2.33. The fraction of sp³-hybridized carbons (Fsp3) is 0.0714. The fourth-order valence-electron chi connectivity index (χ4n) is 2.10. The Balaban J connectivity index is 2.56. The molecule has 96 valence electrons. The standard InChI is InChI=1S/C14H9ClO4/c1-18-8-2-3-9-10(6-8)14(17)19-12-5-7(16)4-11(15)13(9)12/h2-6,16H,1H3. The Morgan fingerprint density at radius 1 is 1.21 bits per heavy atom. The molecule has 0 unspecified atom stereocenters. The molecule has 1 N–H and O–H groups in total. The van der Waals surface area contributed by atoms with E-state index >= 15 is 0 Å². The Hall–Kier alpha value is -2.20. The molecule has 4 nitrogen and oxygen atoms in total. The molecule has 19 heavy (non-hydrogen) atoms. The summed E-state index contributed by atoms with van der Waals surface area (Å²) in [5.74, 6) is 0.516. The van der Waals surface area contributed by atoms with Crippen molar-refractivity contribution in [3.05, 3.63) is 45.8 Å². The number of benzene rings is 2. The summed E-state index contributed by atoms with van der Waals surface area (Å²) >= 11 is 6.11. The number of phenolic OH excluding ortho intramolecular Hbond substituents is 1. The van der Waals surface area contributed by atoms with Crippen molar-refractivity contribution < 1.29 is 14.3 Å². The lowest BCUT2D eigenvalue weighted by Crippen LogP contribution is -2.00. The molecule has 5 heteroatoms. The Bertz CT molecular complexity index is 851. The summed E-state index contributed by atoms with van der Waals surface area (Å²) in [5.41, 5.74) is -0.240. The summed E-state index contributed by atoms with van der Waals surface area (Å²) in [7, 11) is 1.52. The minimum absolute atomic E-state index is 0.0477. The maximum atomic E-state index is 11.9. The molecule has 0 amide bonds. The topological polar surface area (TPSA) is 59.7 Å². The van der Waals surface area contributed by atoms with Crippen LogP contribution in [0.2, 0.25) is 5.02 Å². The highest BCUT2D eigenvalue weighted by molar-refractivity contribution is 6.37. The first-order valence-electron chi connectivity index (χ1n) is 5.53. The SMILES string of the molecule is COc1ccc2c(c1)c(=O)oc1cc(O)cc(Cl)c12. The van der Waals surface area contributed by atoms with E-state index in [0.29, 0.717) is 26.9 Å². The average molecular weight is 277 g/mol. The highest BCUT2D eigenvalue weighted by atomic mass is 35.5. The fourth-order valence-corrected chi connectivity index (χ4v) is 2.41. The van der Waals surface area contributed by atoms with Gasteiger partial charge in [0.05, 0.1) is 17.5 Å². The number of rotatable bonds is 1. The van der Waals surface area contributed by atoms with Gasteiger partial charge in [0.15, 0.2) is 0 Å². The van der Waals surface area contributed by atoms with Crippen molar-refractivity contribution in [3.63, 3.8) is 0 Å². The van der Waals surface area contributed by atoms with Crippen LogP contribution in [0.25, 0.3) is 21.7 Å². The predicted octanol–water partition coefficient (Wildman–Crippen LogP) is 3.31. The normalized spacial score (nSPS) is 11.1. The molecule has 0 fully saturated rings. The summed E-state index contributed by atoms with van der Waals surface area (Å²) in [6, 6.07) is 7.87. The Kier molecular flexibility index (Phi) is 2.61. The lowest BCUT2D eigenvalue weighted by molar-refractivity contribution is 0.415. The molecule has 0 bridgehead atoms. The Morgan fingerprint density at radius 2 is 2.00 bits per heavy atom. The molecule has 0 spiro atoms. The van der Waals surface area contributed by atoms with Crippen molar-refractivity contribution in [3.8, 4) is 11.5 Å². The van der Waals surface area contributed by atoms with Gasteiger partial charge in [0, 0.05) is 16.8 Å². The maximum absolute atomic E-state index is 11.9. The van der Waals surface area contributed by atoms with E-state index in [0.717, 1.165) is 0 Å². The van der Waals surface area contributed by atoms with Crippen LogP contribution in [0.1, 0.15) is 0 Å². The van der Waals surface area contributed by atoms with Gasteiger partial charge in [-0.25, -0.2) is 4.79 Å². The van der Waals surface area contributed by atoms with Gasteiger partial charge in [-0.05, 0) is 24.3 Å². The molecule has 2 aromatic carbocycles. The first-order valence-corrected chi connectivity index (χ1v) is 5.91. The Morgan fingerprint density at radius 3 is 2.74 bits per heavy atom. The minimum atomic E-state index is -0.497. The van der Waals surface area contributed by atoms with Gasteiger partial charge < -0.3 is 14.3 Å². The van der Waals surface area contributed by atoms with Crippen LogP contribution >= 0.6 is 11.6 Å². The van der Waals surface area contributed by atoms with Crippen LogP contribution in [-0.2, 0) is 0 Å². The van der Waals surface area contributed by atoms with Crippen molar-refractivity contribution in [2.45, 2.75) is 0 Å². The van der Waals surface area contributed by atoms with Gasteiger partial charge in [-0.15, -0.1) is 0 Å². The lowest BCUT2D eigenvalue weighted by atomic mass is 10.1. The lowest BCUT2D eigenvalue weighted by Gasteiger charge is -2.06. The van der Waals surface area contributed by atoms with Gasteiger partial charge in [0.2, 0.25) is 0 Å². The third-order valence-electron chi connectivity index (χ3n) is 2.96. The number of phenols is 1. The smallest absolute Gasteiger partial charge is 0.344 e. The number of aromatic hydroxyl groups is 1. The summed E-state index contributed by atoms with van der Waals surface area (Å²) in [5, 5.41) is 11.5. The first-order chi connectivity index (χ1) is 9.10. The molecule has 0 radical (unpaired) electrons. The summed E-state index contributed by atoms with van der Waals surface area (Å²) in [4.78, 5) is 11.9. The van der Waals surface area contributed by atoms with Crippen LogP contribution in [0.15, 0.2) is 39.5 Å². The molecule has 0 saturated heterocycles. The molecular formula is C14H9ClO4. The van der Waals surface area contributed by atoms with Crippen LogP contribution in [0.5, 0.6) is 11.5 Å². The van der Waals surface area contributed by atoms with Crippen molar-refractivity contribution in [2.24, 2.45) is 0 Å². The van der Waals surface area contributed by atoms with Crippen molar-refractivity contribution >= 4 is 33.3 Å². The number of halogens is 1. The summed E-state index contributed by atoms with van der Waals surface area (Å²) in [6.45, 7) is 0. The van der Waals surface area contributed by atoms with Crippen LogP contribution in [-0.4, -0.2) is 12.2 Å². The largest absolute Gasteiger partial charge is 0.508 e. The van der Waals surface area contributed by atoms with Gasteiger partial charge in [-0.2, -0.15) is 0 Å². The van der Waals surface area contributed by atoms with Crippen LogP contribution < -0.4 is 10.4 Å². The van der Waals surface area contributed by atoms with E-state index in [1.165, 1.54) is 19.2 Å². The summed E-state index contributed by atoms with van der Waals surface area (Å²) < 4.78 is 10.3. The summed E-state index contributed by atoms with van der Waals surface area (Å²) in [6.07, 6.45) is 0. The molecular weight excluding hydrogens is 268 g/mol. The quantitative estimate of drug-likeness (QED) is 0.547. The van der Waals surface area contributed by atoms with E-state index in [1.54, 1.807) is 18.2 Å². The molecule has 1 aromatic heterocycles. The van der Waals surface area contributed by atoms with Gasteiger partial charge >= 0.3 is 5.63 Å². The predicted molar refractivity (Wildman–Crippen MR) is 73.2 cm³/mol. The van der Waals surface area contributed by atoms with Crippen molar-refractivity contribution in [2.75, 3.05) is 7.11 Å². The number of fused-ring (bicyclic) bond motifs is 3. The van der Waals surface area contributed by atoms with Gasteiger partial charge in [0.25, 0.3) is 0 Å². The minimum Gasteiger partial charge on any atom is -0.508 e. The zero-order chi connectivity index (χ0) is 13.6. The van der Waals surface area contributed by atoms with Crippen LogP contribution in [0.4, 0.5) is 0 Å². The maximum Gasteiger partial charge on any atom is 0.344 e. The molecule has 3 rings (SSSR count). The van der Waals surface area contributed by atoms with E-state index < -0.39 is 5.63 Å². The van der Waals surface area contributed by atoms with Crippen molar-refractivity contribution in [1.82, 2.24) is 0 Å². The molecule has 3 aromatic rings. The zero-order valence-corrected chi connectivity index (χ0v) is 10.7. The van der Waals surface area contributed by atoms with E-state index in [4.69, 9.17) is 20.8 Å². The highest BCUT2D eigenvalue weighted by Gasteiger charge is 2.12. The molecule has 0 atom stereocenters. The average Bonchev–Trinajstić information content (AvgIpc) is 2.37. The second-order valence-electron chi connectivity index (χ2n) is 4.10. The van der Waals surface area contributed by atoms with E-state index in [2.05, 4.69) is 0 Å². The third kappa shape index (κ3) is 1.81. The second-order valence-corrected chi connectivity index (χ2v) is 4.51. The molecule has 0 aliphatic heterocycles. The van der Waals surface area contributed by atoms with Crippen LogP contribution in [0, 0.1) is 0 Å². The Labute approximate surface area is 112 Å². The molecule has 0 aliphatic carbocycles. The zero-order valence-electron chi connectivity index (χ0n) is 9.94. The van der Waals surface area contributed by atoms with E-state index in [9.17, 15) is 9.90 Å². The first kappa shape index (κ1) is 11.9. The molecule has 1 heterocycles. The monoisotopic (exact) mass is 276 g/mol. The van der Waals surface area contributed by atoms with E-state index in [1.807, 2.05) is 0 Å². The number of methoxy groups -OCH3 is 1. The molecule has 0 aliphatic rings. The van der Waals surface area contributed by atoms with Gasteiger partial charge in [-0.1, -0.05) is 11.6 Å². The van der Waals surface area contributed by atoms with Crippen LogP contribution in [0.3, 0.4) is 0 Å². The van der Waals surface area contributed by atoms with Gasteiger partial charge in [0.1, 0.15) is 17.1 Å². The molecule has 0 saturated carbocycles. The second kappa shape index (κ2) is 4.17. The number of hydrogen-bond donors (Lipinski definition) is 1. The number of ether oxygens (including phenoxy) is 1.